The highest BCUT2D eigenvalue weighted by Gasteiger charge is 2.27. The molecule has 180 valence electrons. The van der Waals surface area contributed by atoms with Gasteiger partial charge >= 0.3 is 0 Å². The van der Waals surface area contributed by atoms with Crippen molar-refractivity contribution in [1.29, 1.82) is 0 Å². The Balaban J connectivity index is 1.30. The zero-order valence-corrected chi connectivity index (χ0v) is 21.6. The van der Waals surface area contributed by atoms with Gasteiger partial charge in [0.1, 0.15) is 17.5 Å². The third-order valence-electron chi connectivity index (χ3n) is 8.24. The molecule has 1 aliphatic heterocycles. The van der Waals surface area contributed by atoms with Gasteiger partial charge in [-0.2, -0.15) is 0 Å². The first-order chi connectivity index (χ1) is 15.9. The van der Waals surface area contributed by atoms with Gasteiger partial charge in [-0.1, -0.05) is 74.8 Å². The molecule has 2 aliphatic rings. The number of halogens is 4. The van der Waals surface area contributed by atoms with Crippen LogP contribution in [0.3, 0.4) is 0 Å². The Morgan fingerprint density at radius 2 is 1.42 bits per heavy atom. The quantitative estimate of drug-likeness (QED) is 0.337. The first-order valence-electron chi connectivity index (χ1n) is 12.9. The molecular weight excluding hydrogens is 457 g/mol. The number of hydrogen-bond donors (Lipinski definition) is 0. The summed E-state index contributed by atoms with van der Waals surface area (Å²) in [6, 6.07) is 11.4. The van der Waals surface area contributed by atoms with Gasteiger partial charge in [0, 0.05) is 8.80 Å². The molecule has 0 amide bonds. The van der Waals surface area contributed by atoms with E-state index in [0.717, 1.165) is 49.1 Å². The molecule has 2 aromatic carbocycles. The van der Waals surface area contributed by atoms with Gasteiger partial charge in [0.05, 0.1) is 10.6 Å². The zero-order chi connectivity index (χ0) is 23.4. The highest BCUT2D eigenvalue weighted by molar-refractivity contribution is 6.58. The Labute approximate surface area is 203 Å². The minimum atomic E-state index is -0.675. The van der Waals surface area contributed by atoms with E-state index in [1.165, 1.54) is 62.4 Å². The summed E-state index contributed by atoms with van der Waals surface area (Å²) in [5.41, 5.74) is 0.731. The van der Waals surface area contributed by atoms with Crippen molar-refractivity contribution in [2.24, 2.45) is 11.8 Å². The van der Waals surface area contributed by atoms with Crippen molar-refractivity contribution in [2.75, 3.05) is 0 Å². The Bertz CT molecular complexity index is 908. The van der Waals surface area contributed by atoms with Gasteiger partial charge in [0.15, 0.2) is 0 Å². The molecule has 1 aliphatic carbocycles. The van der Waals surface area contributed by atoms with E-state index < -0.39 is 26.2 Å². The fourth-order valence-electron chi connectivity index (χ4n) is 6.23. The number of benzene rings is 2. The summed E-state index contributed by atoms with van der Waals surface area (Å²) in [4.78, 5) is 0. The molecule has 1 saturated carbocycles. The fraction of sp³-hybridized carbons (Fsp3) is 0.571. The molecule has 2 fully saturated rings. The molecule has 33 heavy (non-hydrogen) atoms. The summed E-state index contributed by atoms with van der Waals surface area (Å²) in [5, 5.41) is -0.0565. The normalized spacial score (nSPS) is 25.8. The maximum atomic E-state index is 14.9. The van der Waals surface area contributed by atoms with Gasteiger partial charge in [-0.25, -0.2) is 13.2 Å². The third kappa shape index (κ3) is 6.25. The van der Waals surface area contributed by atoms with Crippen molar-refractivity contribution in [3.63, 3.8) is 0 Å². The van der Waals surface area contributed by atoms with E-state index in [1.54, 1.807) is 12.1 Å². The summed E-state index contributed by atoms with van der Waals surface area (Å²) < 4.78 is 43.5. The van der Waals surface area contributed by atoms with Crippen molar-refractivity contribution < 1.29 is 13.2 Å². The van der Waals surface area contributed by atoms with Crippen molar-refractivity contribution in [2.45, 2.75) is 88.8 Å². The SMILES string of the molecule is CCC[Si@H]1CC[C@H](CC[C@H]2CC[C@H](c3cc(F)c(-c4ccc(Cl)c(F)c4)c(F)c3)CC2)CC1. The minimum absolute atomic E-state index is 0.0565. The predicted octanol–water partition coefficient (Wildman–Crippen LogP) is 9.53. The van der Waals surface area contributed by atoms with Gasteiger partial charge in [0.25, 0.3) is 0 Å². The van der Waals surface area contributed by atoms with E-state index >= 15 is 0 Å². The van der Waals surface area contributed by atoms with Crippen LogP contribution in [0, 0.1) is 29.3 Å². The highest BCUT2D eigenvalue weighted by Crippen LogP contribution is 2.41. The van der Waals surface area contributed by atoms with Crippen LogP contribution in [0.5, 0.6) is 0 Å². The fourth-order valence-corrected chi connectivity index (χ4v) is 9.91. The van der Waals surface area contributed by atoms with Gasteiger partial charge in [-0.15, -0.1) is 0 Å². The van der Waals surface area contributed by atoms with E-state index in [9.17, 15) is 13.2 Å². The van der Waals surface area contributed by atoms with Crippen molar-refractivity contribution in [3.8, 4) is 11.1 Å². The monoisotopic (exact) mass is 492 g/mol. The van der Waals surface area contributed by atoms with Crippen LogP contribution < -0.4 is 0 Å². The molecule has 1 saturated heterocycles. The van der Waals surface area contributed by atoms with Crippen molar-refractivity contribution >= 4 is 20.4 Å². The van der Waals surface area contributed by atoms with E-state index in [2.05, 4.69) is 6.92 Å². The first-order valence-corrected chi connectivity index (χ1v) is 15.7. The lowest BCUT2D eigenvalue weighted by molar-refractivity contribution is 0.279. The van der Waals surface area contributed by atoms with Gasteiger partial charge in [-0.05, 0) is 78.8 Å². The van der Waals surface area contributed by atoms with Crippen LogP contribution >= 0.6 is 11.6 Å². The van der Waals surface area contributed by atoms with E-state index in [0.29, 0.717) is 0 Å². The summed E-state index contributed by atoms with van der Waals surface area (Å²) >= 11 is 5.71. The summed E-state index contributed by atoms with van der Waals surface area (Å²) in [5.74, 6) is -0.0232. The molecule has 2 aromatic rings. The number of rotatable bonds is 7. The van der Waals surface area contributed by atoms with Crippen LogP contribution in [0.2, 0.25) is 23.2 Å². The molecule has 0 bridgehead atoms. The molecule has 0 nitrogen and oxygen atoms in total. The summed E-state index contributed by atoms with van der Waals surface area (Å²) in [6.45, 7) is 2.33. The van der Waals surface area contributed by atoms with Gasteiger partial charge in [-0.3, -0.25) is 0 Å². The summed E-state index contributed by atoms with van der Waals surface area (Å²) in [7, 11) is -0.390. The van der Waals surface area contributed by atoms with Gasteiger partial charge < -0.3 is 0 Å². The minimum Gasteiger partial charge on any atom is -0.206 e. The molecule has 0 radical (unpaired) electrons. The molecule has 0 spiro atoms. The average molecular weight is 493 g/mol. The summed E-state index contributed by atoms with van der Waals surface area (Å²) in [6.07, 6.45) is 11.3. The van der Waals surface area contributed by atoms with E-state index in [1.807, 2.05) is 0 Å². The van der Waals surface area contributed by atoms with E-state index in [-0.39, 0.29) is 22.1 Å². The second kappa shape index (κ2) is 11.4. The Morgan fingerprint density at radius 3 is 2.00 bits per heavy atom. The standard InChI is InChI=1S/C28H36ClF3Si/c1-2-13-33-14-11-20(12-15-33)4-3-19-5-7-21(8-6-19)23-17-26(31)28(27(32)18-23)22-9-10-24(29)25(30)16-22/h9-10,16-21,33H,2-8,11-15H2,1H3/t19-,20-,21-,33-. The lowest BCUT2D eigenvalue weighted by atomic mass is 9.76. The maximum absolute atomic E-state index is 14.9. The van der Waals surface area contributed by atoms with Crippen LogP contribution in [0.4, 0.5) is 13.2 Å². The second-order valence-electron chi connectivity index (χ2n) is 10.5. The van der Waals surface area contributed by atoms with Crippen LogP contribution in [-0.2, 0) is 0 Å². The van der Waals surface area contributed by atoms with Crippen molar-refractivity contribution in [3.05, 3.63) is 58.4 Å². The molecule has 0 unspecified atom stereocenters. The average Bonchev–Trinajstić information content (AvgIpc) is 2.81. The second-order valence-corrected chi connectivity index (χ2v) is 14.3. The van der Waals surface area contributed by atoms with Gasteiger partial charge in [0.2, 0.25) is 0 Å². The first kappa shape index (κ1) is 24.8. The topological polar surface area (TPSA) is 0 Å². The maximum Gasteiger partial charge on any atom is 0.142 e. The molecule has 0 N–H and O–H groups in total. The Kier molecular flexibility index (Phi) is 8.62. The molecule has 5 heteroatoms. The molecule has 0 atom stereocenters. The van der Waals surface area contributed by atoms with Crippen LogP contribution in [-0.4, -0.2) is 8.80 Å². The molecule has 0 aromatic heterocycles. The van der Waals surface area contributed by atoms with Crippen LogP contribution in [0.1, 0.15) is 76.2 Å². The third-order valence-corrected chi connectivity index (χ3v) is 12.2. The zero-order valence-electron chi connectivity index (χ0n) is 19.7. The molecule has 4 rings (SSSR count). The smallest absolute Gasteiger partial charge is 0.142 e. The highest BCUT2D eigenvalue weighted by atomic mass is 35.5. The lowest BCUT2D eigenvalue weighted by Crippen LogP contribution is -2.22. The number of hydrogen-bond acceptors (Lipinski definition) is 0. The lowest BCUT2D eigenvalue weighted by Gasteiger charge is -2.32. The van der Waals surface area contributed by atoms with Crippen molar-refractivity contribution in [1.82, 2.24) is 0 Å². The molecular formula is C28H36ClF3Si. The molecule has 1 heterocycles. The van der Waals surface area contributed by atoms with Crippen LogP contribution in [0.25, 0.3) is 11.1 Å². The Morgan fingerprint density at radius 1 is 0.818 bits per heavy atom. The Hall–Kier alpha value is -1.26. The predicted molar refractivity (Wildman–Crippen MR) is 135 cm³/mol. The van der Waals surface area contributed by atoms with Crippen LogP contribution in [0.15, 0.2) is 30.3 Å². The van der Waals surface area contributed by atoms with E-state index in [4.69, 9.17) is 11.6 Å². The largest absolute Gasteiger partial charge is 0.206 e.